The Balaban J connectivity index is 2.12. The number of imide groups is 2. The quantitative estimate of drug-likeness (QED) is 0.460. The number of aryl methyl sites for hydroxylation is 1. The normalized spacial score (nSPS) is 15.8. The molecule has 0 spiro atoms. The summed E-state index contributed by atoms with van der Waals surface area (Å²) in [5.41, 5.74) is 0. The minimum absolute atomic E-state index is 0.166. The largest absolute Gasteiger partial charge is 0.340 e. The molecule has 0 atom stereocenters. The van der Waals surface area contributed by atoms with Crippen LogP contribution in [0.15, 0.2) is 0 Å². The minimum Gasteiger partial charge on any atom is -0.263 e. The van der Waals surface area contributed by atoms with Crippen LogP contribution in [-0.2, 0) is 16.0 Å². The van der Waals surface area contributed by atoms with Crippen molar-refractivity contribution >= 4 is 34.5 Å². The number of nitrogens with zero attached hydrogens (tertiary/aromatic N) is 4. The Hall–Kier alpha value is -1.83. The average molecular weight is 282 g/mol. The van der Waals surface area contributed by atoms with E-state index in [2.05, 4.69) is 16.3 Å². The summed E-state index contributed by atoms with van der Waals surface area (Å²) in [6.45, 7) is 2.10. The summed E-state index contributed by atoms with van der Waals surface area (Å²) in [7, 11) is 1.27. The fourth-order valence-electron chi connectivity index (χ4n) is 1.70. The molecule has 1 aliphatic rings. The Labute approximate surface area is 114 Å². The summed E-state index contributed by atoms with van der Waals surface area (Å²) in [5.74, 6) is -1.10. The van der Waals surface area contributed by atoms with E-state index in [9.17, 15) is 14.4 Å². The van der Waals surface area contributed by atoms with Gasteiger partial charge in [-0.25, -0.2) is 9.78 Å². The van der Waals surface area contributed by atoms with Crippen LogP contribution in [0, 0.1) is 0 Å². The van der Waals surface area contributed by atoms with Gasteiger partial charge in [0.05, 0.1) is 0 Å². The van der Waals surface area contributed by atoms with E-state index in [4.69, 9.17) is 0 Å². The predicted molar refractivity (Wildman–Crippen MR) is 68.8 cm³/mol. The third kappa shape index (κ3) is 2.48. The van der Waals surface area contributed by atoms with E-state index in [1.54, 1.807) is 0 Å². The van der Waals surface area contributed by atoms with Crippen molar-refractivity contribution in [3.8, 4) is 0 Å². The highest BCUT2D eigenvalue weighted by Crippen LogP contribution is 2.23. The molecule has 1 aliphatic heterocycles. The molecule has 7 nitrogen and oxygen atoms in total. The molecular formula is C11H14N4O3S. The van der Waals surface area contributed by atoms with Gasteiger partial charge in [0.25, 0.3) is 0 Å². The number of anilines is 1. The number of rotatable bonds is 5. The van der Waals surface area contributed by atoms with E-state index in [0.29, 0.717) is 12.2 Å². The maximum Gasteiger partial charge on any atom is 0.340 e. The molecule has 0 saturated carbocycles. The van der Waals surface area contributed by atoms with Crippen molar-refractivity contribution in [1.82, 2.24) is 14.3 Å². The fourth-order valence-corrected chi connectivity index (χ4v) is 2.41. The molecule has 8 heteroatoms. The molecule has 0 aromatic carbocycles. The molecule has 2 heterocycles. The van der Waals surface area contributed by atoms with E-state index < -0.39 is 17.8 Å². The summed E-state index contributed by atoms with van der Waals surface area (Å²) in [6.07, 6.45) is 3.86. The zero-order chi connectivity index (χ0) is 14.0. The van der Waals surface area contributed by atoms with Gasteiger partial charge >= 0.3 is 17.8 Å². The summed E-state index contributed by atoms with van der Waals surface area (Å²) in [4.78, 5) is 40.5. The molecule has 4 amide bonds. The van der Waals surface area contributed by atoms with Crippen LogP contribution in [0.5, 0.6) is 0 Å². The second-order valence-corrected chi connectivity index (χ2v) is 4.97. The van der Waals surface area contributed by atoms with Crippen molar-refractivity contribution in [3.05, 3.63) is 5.82 Å². The Kier molecular flexibility index (Phi) is 3.89. The molecule has 1 aromatic heterocycles. The topological polar surface area (TPSA) is 83.5 Å². The number of urea groups is 1. The van der Waals surface area contributed by atoms with Crippen molar-refractivity contribution in [2.75, 3.05) is 11.9 Å². The zero-order valence-electron chi connectivity index (χ0n) is 10.8. The van der Waals surface area contributed by atoms with Crippen molar-refractivity contribution in [1.29, 1.82) is 0 Å². The van der Waals surface area contributed by atoms with Crippen LogP contribution in [-0.4, -0.2) is 39.2 Å². The first-order valence-electron chi connectivity index (χ1n) is 6.05. The van der Waals surface area contributed by atoms with Gasteiger partial charge < -0.3 is 0 Å². The number of hydrogen-bond acceptors (Lipinski definition) is 6. The number of aromatic nitrogens is 2. The maximum absolute atomic E-state index is 11.7. The van der Waals surface area contributed by atoms with Crippen LogP contribution in [0.1, 0.15) is 32.0 Å². The number of amides is 4. The van der Waals surface area contributed by atoms with Gasteiger partial charge in [-0.2, -0.15) is 9.27 Å². The van der Waals surface area contributed by atoms with Crippen LogP contribution >= 0.6 is 11.5 Å². The third-order valence-corrected chi connectivity index (χ3v) is 3.56. The third-order valence-electron chi connectivity index (χ3n) is 2.82. The lowest BCUT2D eigenvalue weighted by molar-refractivity contribution is -0.138. The highest BCUT2D eigenvalue weighted by atomic mass is 32.1. The number of carbonyl (C=O) groups excluding carboxylic acids is 3. The van der Waals surface area contributed by atoms with Gasteiger partial charge in [0.1, 0.15) is 5.82 Å². The highest BCUT2D eigenvalue weighted by molar-refractivity contribution is 7.10. The molecule has 1 fully saturated rings. The molecule has 0 radical (unpaired) electrons. The first-order chi connectivity index (χ1) is 9.06. The Morgan fingerprint density at radius 2 is 1.89 bits per heavy atom. The SMILES string of the molecule is CCCCCc1nsc(N2C(=O)C(=O)N(C)C2=O)n1. The van der Waals surface area contributed by atoms with Crippen LogP contribution in [0.4, 0.5) is 9.93 Å². The molecule has 102 valence electrons. The number of hydrogen-bond donors (Lipinski definition) is 0. The minimum atomic E-state index is -0.872. The maximum atomic E-state index is 11.7. The number of unbranched alkanes of at least 4 members (excludes halogenated alkanes) is 2. The van der Waals surface area contributed by atoms with Gasteiger partial charge in [-0.1, -0.05) is 19.8 Å². The monoisotopic (exact) mass is 282 g/mol. The fraction of sp³-hybridized carbons (Fsp3) is 0.545. The van der Waals surface area contributed by atoms with E-state index in [1.165, 1.54) is 7.05 Å². The zero-order valence-corrected chi connectivity index (χ0v) is 11.6. The smallest absolute Gasteiger partial charge is 0.263 e. The second-order valence-electron chi connectivity index (χ2n) is 4.24. The molecular weight excluding hydrogens is 268 g/mol. The number of likely N-dealkylation sites (N-methyl/N-ethyl adjacent to an activating group) is 1. The van der Waals surface area contributed by atoms with Gasteiger partial charge in [-0.3, -0.25) is 14.5 Å². The van der Waals surface area contributed by atoms with Crippen LogP contribution in [0.2, 0.25) is 0 Å². The van der Waals surface area contributed by atoms with Gasteiger partial charge in [0, 0.05) is 25.0 Å². The van der Waals surface area contributed by atoms with Gasteiger partial charge in [0.15, 0.2) is 0 Å². The standard InChI is InChI=1S/C11H14N4O3S/c1-3-4-5-6-7-12-10(19-13-7)15-9(17)8(16)14(2)11(15)18/h3-6H2,1-2H3. The molecule has 19 heavy (non-hydrogen) atoms. The van der Waals surface area contributed by atoms with Crippen molar-refractivity contribution in [2.45, 2.75) is 32.6 Å². The lowest BCUT2D eigenvalue weighted by Crippen LogP contribution is -2.31. The molecule has 1 saturated heterocycles. The molecule has 0 bridgehead atoms. The van der Waals surface area contributed by atoms with Gasteiger partial charge in [0.2, 0.25) is 5.13 Å². The first-order valence-corrected chi connectivity index (χ1v) is 6.82. The molecule has 0 N–H and O–H groups in total. The van der Waals surface area contributed by atoms with Gasteiger partial charge in [-0.05, 0) is 6.42 Å². The van der Waals surface area contributed by atoms with Crippen molar-refractivity contribution in [3.63, 3.8) is 0 Å². The Morgan fingerprint density at radius 1 is 1.16 bits per heavy atom. The van der Waals surface area contributed by atoms with Crippen molar-refractivity contribution < 1.29 is 14.4 Å². The summed E-state index contributed by atoms with van der Waals surface area (Å²) in [5, 5.41) is 0.166. The first kappa shape index (κ1) is 13.6. The highest BCUT2D eigenvalue weighted by Gasteiger charge is 2.44. The van der Waals surface area contributed by atoms with E-state index in [1.807, 2.05) is 0 Å². The summed E-state index contributed by atoms with van der Waals surface area (Å²) in [6, 6.07) is -0.675. The molecule has 0 aliphatic carbocycles. The second kappa shape index (κ2) is 5.43. The summed E-state index contributed by atoms with van der Waals surface area (Å²) >= 11 is 0.961. The van der Waals surface area contributed by atoms with Gasteiger partial charge in [-0.15, -0.1) is 0 Å². The average Bonchev–Trinajstić information content (AvgIpc) is 2.91. The van der Waals surface area contributed by atoms with Crippen LogP contribution < -0.4 is 4.90 Å². The predicted octanol–water partition coefficient (Wildman–Crippen LogP) is 1.20. The van der Waals surface area contributed by atoms with Crippen molar-refractivity contribution in [2.24, 2.45) is 0 Å². The van der Waals surface area contributed by atoms with E-state index in [0.717, 1.165) is 40.6 Å². The molecule has 2 rings (SSSR count). The summed E-state index contributed by atoms with van der Waals surface area (Å²) < 4.78 is 4.11. The Morgan fingerprint density at radius 3 is 2.47 bits per heavy atom. The van der Waals surface area contributed by atoms with Crippen LogP contribution in [0.3, 0.4) is 0 Å². The van der Waals surface area contributed by atoms with Crippen LogP contribution in [0.25, 0.3) is 0 Å². The lowest BCUT2D eigenvalue weighted by Gasteiger charge is -2.07. The Bertz CT molecular complexity index is 528. The molecule has 1 aromatic rings. The van der Waals surface area contributed by atoms with E-state index >= 15 is 0 Å². The lowest BCUT2D eigenvalue weighted by atomic mass is 10.2. The van der Waals surface area contributed by atoms with E-state index in [-0.39, 0.29) is 5.13 Å². The number of carbonyl (C=O) groups is 3. The molecule has 0 unspecified atom stereocenters.